The molecule has 130 valence electrons. The highest BCUT2D eigenvalue weighted by molar-refractivity contribution is 7.99. The van der Waals surface area contributed by atoms with Crippen molar-refractivity contribution in [2.45, 2.75) is 11.9 Å². The van der Waals surface area contributed by atoms with Crippen molar-refractivity contribution in [1.82, 2.24) is 19.1 Å². The molecule has 3 rings (SSSR count). The molecule has 0 radical (unpaired) electrons. The number of fused-ring (bicyclic) bond motifs is 1. The van der Waals surface area contributed by atoms with Gasteiger partial charge < -0.3 is 5.11 Å². The first-order chi connectivity index (χ1) is 11.9. The van der Waals surface area contributed by atoms with Crippen LogP contribution >= 0.6 is 11.8 Å². The average molecular weight is 358 g/mol. The highest BCUT2D eigenvalue weighted by Gasteiger charge is 2.17. The van der Waals surface area contributed by atoms with Gasteiger partial charge in [-0.25, -0.2) is 14.8 Å². The molecule has 7 nitrogen and oxygen atoms in total. The predicted octanol–water partition coefficient (Wildman–Crippen LogP) is 1.09. The summed E-state index contributed by atoms with van der Waals surface area (Å²) in [6, 6.07) is 7.70. The number of nitrogens with zero attached hydrogens (tertiary/aromatic N) is 4. The van der Waals surface area contributed by atoms with Crippen LogP contribution in [0.1, 0.15) is 5.56 Å². The summed E-state index contributed by atoms with van der Waals surface area (Å²) >= 11 is 1.27. The number of hydrogen-bond donors (Lipinski definition) is 1. The van der Waals surface area contributed by atoms with E-state index in [2.05, 4.69) is 9.97 Å². The van der Waals surface area contributed by atoms with Gasteiger partial charge in [-0.1, -0.05) is 29.8 Å². The standard InChI is InChI=1S/C17H18N4O3S/c1-10-4-6-11(7-5-10)13-18-14-12(15(19-13)25-9-8-22)16(23)21(3)17(24)20(14)2/h4-7,22H,8-9H2,1-3H3. The molecule has 0 aliphatic rings. The third-order valence-electron chi connectivity index (χ3n) is 3.91. The van der Waals surface area contributed by atoms with Crippen LogP contribution < -0.4 is 11.2 Å². The molecule has 0 saturated carbocycles. The molecular formula is C17H18N4O3S. The molecule has 1 N–H and O–H groups in total. The minimum atomic E-state index is -0.441. The van der Waals surface area contributed by atoms with Crippen LogP contribution in [-0.4, -0.2) is 36.6 Å². The van der Waals surface area contributed by atoms with Crippen LogP contribution in [0.2, 0.25) is 0 Å². The molecule has 0 unspecified atom stereocenters. The van der Waals surface area contributed by atoms with Crippen LogP contribution in [0.5, 0.6) is 0 Å². The van der Waals surface area contributed by atoms with Crippen LogP contribution in [-0.2, 0) is 14.1 Å². The molecular weight excluding hydrogens is 340 g/mol. The maximum absolute atomic E-state index is 12.6. The largest absolute Gasteiger partial charge is 0.396 e. The van der Waals surface area contributed by atoms with E-state index in [1.165, 1.54) is 23.4 Å². The van der Waals surface area contributed by atoms with Crippen LogP contribution in [0.25, 0.3) is 22.4 Å². The Balaban J connectivity index is 2.36. The molecule has 25 heavy (non-hydrogen) atoms. The zero-order valence-corrected chi connectivity index (χ0v) is 15.0. The molecule has 0 atom stereocenters. The molecule has 1 aromatic carbocycles. The number of rotatable bonds is 4. The molecule has 0 saturated heterocycles. The third kappa shape index (κ3) is 3.10. The van der Waals surface area contributed by atoms with Crippen molar-refractivity contribution in [2.75, 3.05) is 12.4 Å². The summed E-state index contributed by atoms with van der Waals surface area (Å²) in [5, 5.41) is 9.89. The van der Waals surface area contributed by atoms with Gasteiger partial charge in [0.1, 0.15) is 10.4 Å². The smallest absolute Gasteiger partial charge is 0.332 e. The van der Waals surface area contributed by atoms with Gasteiger partial charge in [0.15, 0.2) is 11.5 Å². The Kier molecular flexibility index (Phi) is 4.73. The lowest BCUT2D eigenvalue weighted by molar-refractivity contribution is 0.322. The van der Waals surface area contributed by atoms with Gasteiger partial charge in [0.05, 0.1) is 6.61 Å². The first kappa shape index (κ1) is 17.4. The summed E-state index contributed by atoms with van der Waals surface area (Å²) in [7, 11) is 3.01. The second-order valence-electron chi connectivity index (χ2n) is 5.69. The fourth-order valence-electron chi connectivity index (χ4n) is 2.51. The van der Waals surface area contributed by atoms with Gasteiger partial charge in [-0.15, -0.1) is 11.8 Å². The number of aromatic nitrogens is 4. The molecule has 2 aromatic heterocycles. The second-order valence-corrected chi connectivity index (χ2v) is 6.78. The Morgan fingerprint density at radius 1 is 1.08 bits per heavy atom. The Bertz CT molecular complexity index is 1050. The van der Waals surface area contributed by atoms with Gasteiger partial charge in [0.2, 0.25) is 0 Å². The Morgan fingerprint density at radius 2 is 1.76 bits per heavy atom. The zero-order chi connectivity index (χ0) is 18.1. The van der Waals surface area contributed by atoms with Gasteiger partial charge in [0.25, 0.3) is 5.56 Å². The maximum Gasteiger partial charge on any atom is 0.332 e. The number of hydrogen-bond acceptors (Lipinski definition) is 6. The van der Waals surface area contributed by atoms with Gasteiger partial charge >= 0.3 is 5.69 Å². The quantitative estimate of drug-likeness (QED) is 0.555. The molecule has 0 spiro atoms. The second kappa shape index (κ2) is 6.81. The zero-order valence-electron chi connectivity index (χ0n) is 14.2. The molecule has 0 amide bonds. The van der Waals surface area contributed by atoms with E-state index in [0.29, 0.717) is 27.6 Å². The highest BCUT2D eigenvalue weighted by Crippen LogP contribution is 2.25. The topological polar surface area (TPSA) is 90.0 Å². The number of aryl methyl sites for hydroxylation is 2. The average Bonchev–Trinajstić information content (AvgIpc) is 2.62. The van der Waals surface area contributed by atoms with E-state index in [1.807, 2.05) is 31.2 Å². The van der Waals surface area contributed by atoms with Crippen molar-refractivity contribution in [2.24, 2.45) is 14.1 Å². The molecule has 2 heterocycles. The summed E-state index contributed by atoms with van der Waals surface area (Å²) in [4.78, 5) is 33.8. The number of thioether (sulfide) groups is 1. The summed E-state index contributed by atoms with van der Waals surface area (Å²) in [6.07, 6.45) is 0. The van der Waals surface area contributed by atoms with Crippen molar-refractivity contribution in [1.29, 1.82) is 0 Å². The summed E-state index contributed by atoms with van der Waals surface area (Å²) in [5.74, 6) is 0.835. The SMILES string of the molecule is Cc1ccc(-c2nc(SCCO)c3c(=O)n(C)c(=O)n(C)c3n2)cc1. The van der Waals surface area contributed by atoms with E-state index in [1.54, 1.807) is 7.05 Å². The first-order valence-electron chi connectivity index (χ1n) is 7.72. The van der Waals surface area contributed by atoms with E-state index >= 15 is 0 Å². The Morgan fingerprint density at radius 3 is 2.40 bits per heavy atom. The van der Waals surface area contributed by atoms with Gasteiger partial charge in [-0.3, -0.25) is 13.9 Å². The van der Waals surface area contributed by atoms with Crippen molar-refractivity contribution in [3.05, 3.63) is 50.7 Å². The summed E-state index contributed by atoms with van der Waals surface area (Å²) < 4.78 is 2.39. The van der Waals surface area contributed by atoms with E-state index in [0.717, 1.165) is 15.7 Å². The van der Waals surface area contributed by atoms with Crippen LogP contribution in [0, 0.1) is 6.92 Å². The lowest BCUT2D eigenvalue weighted by atomic mass is 10.1. The summed E-state index contributed by atoms with van der Waals surface area (Å²) in [5.41, 5.74) is 1.32. The molecule has 0 aliphatic carbocycles. The van der Waals surface area contributed by atoms with Gasteiger partial charge in [-0.2, -0.15) is 0 Å². The highest BCUT2D eigenvalue weighted by atomic mass is 32.2. The van der Waals surface area contributed by atoms with E-state index in [-0.39, 0.29) is 6.61 Å². The number of aliphatic hydroxyl groups excluding tert-OH is 1. The minimum absolute atomic E-state index is 0.0396. The van der Waals surface area contributed by atoms with Crippen LogP contribution in [0.15, 0.2) is 38.9 Å². The van der Waals surface area contributed by atoms with Crippen LogP contribution in [0.3, 0.4) is 0 Å². The number of aliphatic hydroxyl groups is 1. The fraction of sp³-hybridized carbons (Fsp3) is 0.294. The molecule has 0 fully saturated rings. The molecule has 8 heteroatoms. The maximum atomic E-state index is 12.6. The van der Waals surface area contributed by atoms with Crippen molar-refractivity contribution in [3.8, 4) is 11.4 Å². The van der Waals surface area contributed by atoms with Gasteiger partial charge in [0, 0.05) is 25.4 Å². The van der Waals surface area contributed by atoms with Gasteiger partial charge in [-0.05, 0) is 6.92 Å². The van der Waals surface area contributed by atoms with Crippen molar-refractivity contribution >= 4 is 22.8 Å². The van der Waals surface area contributed by atoms with E-state index < -0.39 is 11.2 Å². The third-order valence-corrected chi connectivity index (χ3v) is 4.86. The monoisotopic (exact) mass is 358 g/mol. The number of benzene rings is 1. The lowest BCUT2D eigenvalue weighted by Crippen LogP contribution is -2.37. The van der Waals surface area contributed by atoms with E-state index in [4.69, 9.17) is 5.11 Å². The molecule has 3 aromatic rings. The lowest BCUT2D eigenvalue weighted by Gasteiger charge is -2.11. The summed E-state index contributed by atoms with van der Waals surface area (Å²) in [6.45, 7) is 1.95. The first-order valence-corrected chi connectivity index (χ1v) is 8.71. The normalized spacial score (nSPS) is 11.2. The minimum Gasteiger partial charge on any atom is -0.396 e. The van der Waals surface area contributed by atoms with E-state index in [9.17, 15) is 9.59 Å². The molecule has 0 bridgehead atoms. The van der Waals surface area contributed by atoms with Crippen molar-refractivity contribution in [3.63, 3.8) is 0 Å². The molecule has 0 aliphatic heterocycles. The fourth-order valence-corrected chi connectivity index (χ4v) is 3.27. The Labute approximate surface area is 148 Å². The predicted molar refractivity (Wildman–Crippen MR) is 98.0 cm³/mol. The van der Waals surface area contributed by atoms with Crippen LogP contribution in [0.4, 0.5) is 0 Å². The Hall–Kier alpha value is -2.45. The van der Waals surface area contributed by atoms with Crippen molar-refractivity contribution < 1.29 is 5.11 Å².